The highest BCUT2D eigenvalue weighted by Gasteiger charge is 2.24. The van der Waals surface area contributed by atoms with E-state index in [1.165, 1.54) is 6.92 Å². The van der Waals surface area contributed by atoms with Crippen LogP contribution >= 0.6 is 0 Å². The summed E-state index contributed by atoms with van der Waals surface area (Å²) in [7, 11) is 0. The van der Waals surface area contributed by atoms with Crippen LogP contribution in [0.2, 0.25) is 0 Å². The molecule has 0 saturated heterocycles. The highest BCUT2D eigenvalue weighted by Crippen LogP contribution is 2.27. The van der Waals surface area contributed by atoms with Gasteiger partial charge in [-0.05, 0) is 19.8 Å². The van der Waals surface area contributed by atoms with E-state index in [1.54, 1.807) is 6.92 Å². The van der Waals surface area contributed by atoms with Gasteiger partial charge in [0.05, 0.1) is 12.2 Å². The monoisotopic (exact) mass is 198 g/mol. The quantitative estimate of drug-likeness (QED) is 0.645. The number of esters is 2. The van der Waals surface area contributed by atoms with Crippen molar-refractivity contribution in [2.75, 3.05) is 6.61 Å². The molecule has 0 fully saturated rings. The Bertz CT molecular complexity index is 278. The molecular formula is C10H14O4. The van der Waals surface area contributed by atoms with Crippen LogP contribution in [-0.4, -0.2) is 18.5 Å². The van der Waals surface area contributed by atoms with Gasteiger partial charge in [0.2, 0.25) is 0 Å². The van der Waals surface area contributed by atoms with Crippen LogP contribution < -0.4 is 0 Å². The van der Waals surface area contributed by atoms with Crippen molar-refractivity contribution in [3.05, 3.63) is 11.3 Å². The SMILES string of the molecule is CCOC(=O)C1=C(OC(C)=O)CCC1. The summed E-state index contributed by atoms with van der Waals surface area (Å²) in [6.07, 6.45) is 2.13. The van der Waals surface area contributed by atoms with Gasteiger partial charge in [0.15, 0.2) is 0 Å². The Morgan fingerprint density at radius 3 is 2.64 bits per heavy atom. The van der Waals surface area contributed by atoms with Crippen LogP contribution in [0, 0.1) is 0 Å². The number of ether oxygens (including phenoxy) is 2. The molecule has 4 nitrogen and oxygen atoms in total. The van der Waals surface area contributed by atoms with Gasteiger partial charge in [-0.1, -0.05) is 0 Å². The van der Waals surface area contributed by atoms with E-state index in [-0.39, 0.29) is 11.9 Å². The van der Waals surface area contributed by atoms with Crippen LogP contribution in [0.4, 0.5) is 0 Å². The first kappa shape index (κ1) is 10.8. The molecule has 0 amide bonds. The van der Waals surface area contributed by atoms with Gasteiger partial charge in [-0.2, -0.15) is 0 Å². The summed E-state index contributed by atoms with van der Waals surface area (Å²) in [6.45, 7) is 3.42. The average molecular weight is 198 g/mol. The lowest BCUT2D eigenvalue weighted by molar-refractivity contribution is -0.139. The van der Waals surface area contributed by atoms with Crippen molar-refractivity contribution in [3.63, 3.8) is 0 Å². The smallest absolute Gasteiger partial charge is 0.337 e. The summed E-state index contributed by atoms with van der Waals surface area (Å²) in [5, 5.41) is 0. The van der Waals surface area contributed by atoms with Crippen LogP contribution in [0.5, 0.6) is 0 Å². The molecule has 14 heavy (non-hydrogen) atoms. The Morgan fingerprint density at radius 1 is 1.36 bits per heavy atom. The zero-order valence-electron chi connectivity index (χ0n) is 8.46. The molecule has 78 valence electrons. The minimum atomic E-state index is -0.385. The van der Waals surface area contributed by atoms with E-state index in [1.807, 2.05) is 0 Å². The Balaban J connectivity index is 2.71. The summed E-state index contributed by atoms with van der Waals surface area (Å²) in [4.78, 5) is 22.1. The summed E-state index contributed by atoms with van der Waals surface area (Å²) in [6, 6.07) is 0. The molecule has 1 aliphatic rings. The molecule has 0 aromatic carbocycles. The van der Waals surface area contributed by atoms with Crippen LogP contribution in [0.25, 0.3) is 0 Å². The standard InChI is InChI=1S/C10H14O4/c1-3-13-10(12)8-5-4-6-9(8)14-7(2)11/h3-6H2,1-2H3. The largest absolute Gasteiger partial charge is 0.463 e. The van der Waals surface area contributed by atoms with Gasteiger partial charge < -0.3 is 9.47 Å². The molecule has 0 aromatic rings. The van der Waals surface area contributed by atoms with E-state index in [0.717, 1.165) is 6.42 Å². The van der Waals surface area contributed by atoms with E-state index in [0.29, 0.717) is 30.8 Å². The van der Waals surface area contributed by atoms with Crippen molar-refractivity contribution in [2.45, 2.75) is 33.1 Å². The average Bonchev–Trinajstić information content (AvgIpc) is 2.51. The molecule has 0 unspecified atom stereocenters. The van der Waals surface area contributed by atoms with Crippen molar-refractivity contribution >= 4 is 11.9 Å². The topological polar surface area (TPSA) is 52.6 Å². The van der Waals surface area contributed by atoms with Gasteiger partial charge >= 0.3 is 11.9 Å². The Hall–Kier alpha value is -1.32. The molecule has 0 heterocycles. The van der Waals surface area contributed by atoms with Gasteiger partial charge in [0.25, 0.3) is 0 Å². The van der Waals surface area contributed by atoms with Crippen molar-refractivity contribution in [1.29, 1.82) is 0 Å². The maximum Gasteiger partial charge on any atom is 0.337 e. The maximum atomic E-state index is 11.4. The first-order valence-electron chi connectivity index (χ1n) is 4.72. The predicted octanol–water partition coefficient (Wildman–Crippen LogP) is 1.55. The molecule has 0 spiro atoms. The third-order valence-electron chi connectivity index (χ3n) is 1.96. The number of rotatable bonds is 3. The highest BCUT2D eigenvalue weighted by atomic mass is 16.5. The molecular weight excluding hydrogens is 184 g/mol. The lowest BCUT2D eigenvalue weighted by Gasteiger charge is -2.05. The lowest BCUT2D eigenvalue weighted by Crippen LogP contribution is -2.09. The lowest BCUT2D eigenvalue weighted by atomic mass is 10.2. The fraction of sp³-hybridized carbons (Fsp3) is 0.600. The second-order valence-electron chi connectivity index (χ2n) is 3.07. The van der Waals surface area contributed by atoms with E-state index in [9.17, 15) is 9.59 Å². The van der Waals surface area contributed by atoms with Crippen molar-refractivity contribution in [2.24, 2.45) is 0 Å². The van der Waals surface area contributed by atoms with Gasteiger partial charge in [-0.15, -0.1) is 0 Å². The molecule has 0 aromatic heterocycles. The molecule has 0 N–H and O–H groups in total. The number of allylic oxidation sites excluding steroid dienone is 1. The molecule has 0 saturated carbocycles. The van der Waals surface area contributed by atoms with E-state index in [2.05, 4.69) is 0 Å². The Morgan fingerprint density at radius 2 is 2.07 bits per heavy atom. The van der Waals surface area contributed by atoms with Crippen molar-refractivity contribution < 1.29 is 19.1 Å². The van der Waals surface area contributed by atoms with Gasteiger partial charge in [-0.3, -0.25) is 4.79 Å². The third kappa shape index (κ3) is 2.58. The van der Waals surface area contributed by atoms with E-state index >= 15 is 0 Å². The zero-order chi connectivity index (χ0) is 10.6. The minimum absolute atomic E-state index is 0.343. The second kappa shape index (κ2) is 4.79. The van der Waals surface area contributed by atoms with E-state index in [4.69, 9.17) is 9.47 Å². The van der Waals surface area contributed by atoms with Gasteiger partial charge in [0.1, 0.15) is 5.76 Å². The fourth-order valence-corrected chi connectivity index (χ4v) is 1.44. The summed E-state index contributed by atoms with van der Waals surface area (Å²) in [5.41, 5.74) is 0.516. The molecule has 0 aliphatic heterocycles. The minimum Gasteiger partial charge on any atom is -0.463 e. The molecule has 0 radical (unpaired) electrons. The number of hydrogen-bond donors (Lipinski definition) is 0. The van der Waals surface area contributed by atoms with Crippen LogP contribution in [0.15, 0.2) is 11.3 Å². The van der Waals surface area contributed by atoms with Crippen LogP contribution in [-0.2, 0) is 19.1 Å². The number of hydrogen-bond acceptors (Lipinski definition) is 4. The first-order valence-corrected chi connectivity index (χ1v) is 4.72. The Kier molecular flexibility index (Phi) is 3.68. The summed E-state index contributed by atoms with van der Waals surface area (Å²) < 4.78 is 9.78. The Labute approximate surface area is 82.9 Å². The summed E-state index contributed by atoms with van der Waals surface area (Å²) >= 11 is 0. The van der Waals surface area contributed by atoms with Gasteiger partial charge in [0, 0.05) is 13.3 Å². The van der Waals surface area contributed by atoms with E-state index < -0.39 is 0 Å². The molecule has 1 aliphatic carbocycles. The highest BCUT2D eigenvalue weighted by molar-refractivity contribution is 5.90. The third-order valence-corrected chi connectivity index (χ3v) is 1.96. The molecule has 1 rings (SSSR count). The zero-order valence-corrected chi connectivity index (χ0v) is 8.46. The molecule has 4 heteroatoms. The van der Waals surface area contributed by atoms with Crippen molar-refractivity contribution in [1.82, 2.24) is 0 Å². The molecule has 0 bridgehead atoms. The predicted molar refractivity (Wildman–Crippen MR) is 49.3 cm³/mol. The second-order valence-corrected chi connectivity index (χ2v) is 3.07. The fourth-order valence-electron chi connectivity index (χ4n) is 1.44. The number of carbonyl (C=O) groups is 2. The number of carbonyl (C=O) groups excluding carboxylic acids is 2. The molecule has 0 atom stereocenters. The van der Waals surface area contributed by atoms with Gasteiger partial charge in [-0.25, -0.2) is 4.79 Å². The first-order chi connectivity index (χ1) is 6.65. The maximum absolute atomic E-state index is 11.4. The van der Waals surface area contributed by atoms with Crippen LogP contribution in [0.1, 0.15) is 33.1 Å². The summed E-state index contributed by atoms with van der Waals surface area (Å²) in [5.74, 6) is -0.263. The normalized spacial score (nSPS) is 15.6. The van der Waals surface area contributed by atoms with Crippen LogP contribution in [0.3, 0.4) is 0 Å². The van der Waals surface area contributed by atoms with Crippen molar-refractivity contribution in [3.8, 4) is 0 Å².